The summed E-state index contributed by atoms with van der Waals surface area (Å²) >= 11 is 0. The Labute approximate surface area is 88.9 Å². The van der Waals surface area contributed by atoms with Crippen LogP contribution in [0.2, 0.25) is 0 Å². The minimum absolute atomic E-state index is 0.0855. The molecule has 1 N–H and O–H groups in total. The Kier molecular flexibility index (Phi) is 3.80. The summed E-state index contributed by atoms with van der Waals surface area (Å²) in [6.07, 6.45) is 1.49. The molecule has 0 bridgehead atoms. The lowest BCUT2D eigenvalue weighted by Crippen LogP contribution is -2.27. The van der Waals surface area contributed by atoms with Gasteiger partial charge in [0, 0.05) is 6.20 Å². The fraction of sp³-hybridized carbons (Fsp3) is 0.455. The van der Waals surface area contributed by atoms with Crippen molar-refractivity contribution in [1.29, 1.82) is 0 Å². The van der Waals surface area contributed by atoms with Crippen LogP contribution in [-0.4, -0.2) is 22.7 Å². The number of ether oxygens (including phenoxy) is 1. The molecule has 1 atom stereocenters. The van der Waals surface area contributed by atoms with Crippen LogP contribution in [0.5, 0.6) is 0 Å². The standard InChI is InChI=1S/C11H15NO3/c1-3-15-10(13)8-11(2,14)9-6-4-5-7-12-9/h4-7,14H,3,8H2,1-2H3. The van der Waals surface area contributed by atoms with E-state index in [1.165, 1.54) is 0 Å². The molecule has 1 heterocycles. The molecule has 1 aromatic rings. The molecule has 4 heteroatoms. The van der Waals surface area contributed by atoms with Crippen molar-refractivity contribution in [2.45, 2.75) is 25.9 Å². The van der Waals surface area contributed by atoms with Crippen LogP contribution in [0.4, 0.5) is 0 Å². The lowest BCUT2D eigenvalue weighted by atomic mass is 9.98. The van der Waals surface area contributed by atoms with Gasteiger partial charge in [-0.1, -0.05) is 6.07 Å². The molecule has 0 spiro atoms. The van der Waals surface area contributed by atoms with Crippen LogP contribution in [0.1, 0.15) is 26.0 Å². The van der Waals surface area contributed by atoms with Gasteiger partial charge in [0.15, 0.2) is 0 Å². The van der Waals surface area contributed by atoms with E-state index in [0.29, 0.717) is 12.3 Å². The summed E-state index contributed by atoms with van der Waals surface area (Å²) < 4.78 is 4.77. The lowest BCUT2D eigenvalue weighted by Gasteiger charge is -2.21. The number of nitrogens with zero attached hydrogens (tertiary/aromatic N) is 1. The predicted octanol–water partition coefficient (Wildman–Crippen LogP) is 1.24. The fourth-order valence-corrected chi connectivity index (χ4v) is 1.26. The first-order valence-electron chi connectivity index (χ1n) is 4.86. The van der Waals surface area contributed by atoms with E-state index < -0.39 is 11.6 Å². The highest BCUT2D eigenvalue weighted by Gasteiger charge is 2.28. The molecule has 4 nitrogen and oxygen atoms in total. The molecular weight excluding hydrogens is 194 g/mol. The van der Waals surface area contributed by atoms with Crippen LogP contribution >= 0.6 is 0 Å². The van der Waals surface area contributed by atoms with Crippen molar-refractivity contribution in [3.05, 3.63) is 30.1 Å². The molecular formula is C11H15NO3. The Morgan fingerprint density at radius 2 is 2.33 bits per heavy atom. The highest BCUT2D eigenvalue weighted by atomic mass is 16.5. The van der Waals surface area contributed by atoms with Gasteiger partial charge < -0.3 is 9.84 Å². The topological polar surface area (TPSA) is 59.4 Å². The number of rotatable bonds is 4. The van der Waals surface area contributed by atoms with Crippen LogP contribution in [0.25, 0.3) is 0 Å². The van der Waals surface area contributed by atoms with Gasteiger partial charge in [-0.15, -0.1) is 0 Å². The van der Waals surface area contributed by atoms with E-state index >= 15 is 0 Å². The highest BCUT2D eigenvalue weighted by Crippen LogP contribution is 2.22. The Hall–Kier alpha value is -1.42. The van der Waals surface area contributed by atoms with E-state index in [0.717, 1.165) is 0 Å². The molecule has 1 rings (SSSR count). The van der Waals surface area contributed by atoms with Gasteiger partial charge >= 0.3 is 5.97 Å². The van der Waals surface area contributed by atoms with Crippen LogP contribution in [0.15, 0.2) is 24.4 Å². The first-order chi connectivity index (χ1) is 7.06. The normalized spacial score (nSPS) is 14.3. The summed E-state index contributed by atoms with van der Waals surface area (Å²) in [6.45, 7) is 3.59. The lowest BCUT2D eigenvalue weighted by molar-refractivity contribution is -0.148. The van der Waals surface area contributed by atoms with Gasteiger partial charge in [0.2, 0.25) is 0 Å². The number of hydrogen-bond acceptors (Lipinski definition) is 4. The highest BCUT2D eigenvalue weighted by molar-refractivity contribution is 5.70. The van der Waals surface area contributed by atoms with Crippen molar-refractivity contribution in [3.8, 4) is 0 Å². The number of aromatic nitrogens is 1. The van der Waals surface area contributed by atoms with Crippen LogP contribution in [-0.2, 0) is 15.1 Å². The van der Waals surface area contributed by atoms with Gasteiger partial charge in [0.05, 0.1) is 18.7 Å². The summed E-state index contributed by atoms with van der Waals surface area (Å²) in [6, 6.07) is 5.20. The maximum Gasteiger partial charge on any atom is 0.309 e. The van der Waals surface area contributed by atoms with Crippen molar-refractivity contribution in [1.82, 2.24) is 4.98 Å². The summed E-state index contributed by atoms with van der Waals surface area (Å²) in [5.74, 6) is -0.423. The quantitative estimate of drug-likeness (QED) is 0.758. The van der Waals surface area contributed by atoms with E-state index in [1.807, 2.05) is 0 Å². The largest absolute Gasteiger partial charge is 0.466 e. The van der Waals surface area contributed by atoms with Gasteiger partial charge in [-0.25, -0.2) is 0 Å². The second-order valence-corrected chi connectivity index (χ2v) is 3.47. The van der Waals surface area contributed by atoms with Crippen LogP contribution in [0, 0.1) is 0 Å². The van der Waals surface area contributed by atoms with E-state index in [4.69, 9.17) is 4.74 Å². The van der Waals surface area contributed by atoms with Crippen LogP contribution < -0.4 is 0 Å². The second kappa shape index (κ2) is 4.89. The number of carbonyl (C=O) groups is 1. The Bertz CT molecular complexity index is 322. The van der Waals surface area contributed by atoms with Gasteiger partial charge in [0.25, 0.3) is 0 Å². The number of carbonyl (C=O) groups excluding carboxylic acids is 1. The molecule has 0 aliphatic rings. The molecule has 0 radical (unpaired) electrons. The smallest absolute Gasteiger partial charge is 0.309 e. The van der Waals surface area contributed by atoms with E-state index in [-0.39, 0.29) is 6.42 Å². The van der Waals surface area contributed by atoms with Gasteiger partial charge in [-0.2, -0.15) is 0 Å². The van der Waals surface area contributed by atoms with Gasteiger partial charge in [-0.3, -0.25) is 9.78 Å². The number of esters is 1. The number of pyridine rings is 1. The summed E-state index contributed by atoms with van der Waals surface area (Å²) in [4.78, 5) is 15.2. The van der Waals surface area contributed by atoms with E-state index in [9.17, 15) is 9.90 Å². The molecule has 0 saturated carbocycles. The van der Waals surface area contributed by atoms with Crippen molar-refractivity contribution in [3.63, 3.8) is 0 Å². The Morgan fingerprint density at radius 3 is 2.87 bits per heavy atom. The maximum absolute atomic E-state index is 11.2. The maximum atomic E-state index is 11.2. The fourth-order valence-electron chi connectivity index (χ4n) is 1.26. The molecule has 0 amide bonds. The van der Waals surface area contributed by atoms with Gasteiger partial charge in [0.1, 0.15) is 5.60 Å². The van der Waals surface area contributed by atoms with E-state index in [1.54, 1.807) is 38.2 Å². The minimum Gasteiger partial charge on any atom is -0.466 e. The monoisotopic (exact) mass is 209 g/mol. The van der Waals surface area contributed by atoms with E-state index in [2.05, 4.69) is 4.98 Å². The molecule has 1 aromatic heterocycles. The van der Waals surface area contributed by atoms with Crippen LogP contribution in [0.3, 0.4) is 0 Å². The summed E-state index contributed by atoms with van der Waals surface area (Å²) in [5.41, 5.74) is -0.800. The van der Waals surface area contributed by atoms with Crippen molar-refractivity contribution in [2.75, 3.05) is 6.61 Å². The first-order valence-corrected chi connectivity index (χ1v) is 4.86. The molecule has 82 valence electrons. The average Bonchev–Trinajstić information content (AvgIpc) is 2.18. The SMILES string of the molecule is CCOC(=O)CC(C)(O)c1ccccn1. The third-order valence-electron chi connectivity index (χ3n) is 2.01. The zero-order chi connectivity index (χ0) is 11.3. The second-order valence-electron chi connectivity index (χ2n) is 3.47. The molecule has 0 saturated heterocycles. The first kappa shape index (κ1) is 11.7. The predicted molar refractivity (Wildman–Crippen MR) is 55.1 cm³/mol. The zero-order valence-electron chi connectivity index (χ0n) is 8.93. The van der Waals surface area contributed by atoms with Crippen molar-refractivity contribution in [2.24, 2.45) is 0 Å². The number of aliphatic hydroxyl groups is 1. The molecule has 0 aromatic carbocycles. The summed E-state index contributed by atoms with van der Waals surface area (Å²) in [5, 5.41) is 10.0. The third kappa shape index (κ3) is 3.32. The summed E-state index contributed by atoms with van der Waals surface area (Å²) in [7, 11) is 0. The Morgan fingerprint density at radius 1 is 1.60 bits per heavy atom. The van der Waals surface area contributed by atoms with Gasteiger partial charge in [-0.05, 0) is 26.0 Å². The minimum atomic E-state index is -1.27. The molecule has 1 unspecified atom stereocenters. The number of hydrogen-bond donors (Lipinski definition) is 1. The molecule has 0 aliphatic carbocycles. The third-order valence-corrected chi connectivity index (χ3v) is 2.01. The Balaban J connectivity index is 2.71. The zero-order valence-corrected chi connectivity index (χ0v) is 8.93. The molecule has 15 heavy (non-hydrogen) atoms. The van der Waals surface area contributed by atoms with Crippen molar-refractivity contribution < 1.29 is 14.6 Å². The van der Waals surface area contributed by atoms with Crippen molar-refractivity contribution >= 4 is 5.97 Å². The average molecular weight is 209 g/mol. The molecule has 0 aliphatic heterocycles. The molecule has 0 fully saturated rings.